The lowest BCUT2D eigenvalue weighted by molar-refractivity contribution is -0.179. The molecule has 0 aliphatic carbocycles. The fraction of sp³-hybridized carbons (Fsp3) is 0.696. The number of nitrogens with zero attached hydrogens (tertiary/aromatic N) is 1. The van der Waals surface area contributed by atoms with Gasteiger partial charge in [-0.05, 0) is 75.1 Å². The SMILES string of the molecule is CC(=O)N[C@@H]1C[C@H](c2ccc(N3CCCCC3)cc2C)OC2(CCOCC2)C1. The third-order valence-electron chi connectivity index (χ3n) is 6.64. The summed E-state index contributed by atoms with van der Waals surface area (Å²) in [5.74, 6) is 0.0463. The van der Waals surface area contributed by atoms with Gasteiger partial charge in [0.15, 0.2) is 0 Å². The van der Waals surface area contributed by atoms with Gasteiger partial charge in [0.2, 0.25) is 5.91 Å². The highest BCUT2D eigenvalue weighted by Crippen LogP contribution is 2.43. The van der Waals surface area contributed by atoms with Gasteiger partial charge in [0, 0.05) is 45.0 Å². The Morgan fingerprint density at radius 2 is 1.93 bits per heavy atom. The highest BCUT2D eigenvalue weighted by molar-refractivity contribution is 5.73. The Kier molecular flexibility index (Phi) is 5.93. The number of amides is 1. The Morgan fingerprint density at radius 1 is 1.18 bits per heavy atom. The van der Waals surface area contributed by atoms with E-state index in [1.54, 1.807) is 6.92 Å². The van der Waals surface area contributed by atoms with Crippen LogP contribution >= 0.6 is 0 Å². The van der Waals surface area contributed by atoms with E-state index in [9.17, 15) is 4.79 Å². The maximum Gasteiger partial charge on any atom is 0.217 e. The molecule has 0 bridgehead atoms. The molecule has 28 heavy (non-hydrogen) atoms. The maximum atomic E-state index is 11.7. The van der Waals surface area contributed by atoms with Crippen LogP contribution in [0.2, 0.25) is 0 Å². The van der Waals surface area contributed by atoms with Crippen LogP contribution in [-0.2, 0) is 14.3 Å². The minimum Gasteiger partial charge on any atom is -0.381 e. The molecule has 1 amide bonds. The quantitative estimate of drug-likeness (QED) is 0.856. The van der Waals surface area contributed by atoms with Crippen molar-refractivity contribution in [3.63, 3.8) is 0 Å². The lowest BCUT2D eigenvalue weighted by Gasteiger charge is -2.47. The van der Waals surface area contributed by atoms with E-state index in [0.29, 0.717) is 0 Å². The number of nitrogens with one attached hydrogen (secondary N) is 1. The number of carbonyl (C=O) groups is 1. The highest BCUT2D eigenvalue weighted by Gasteiger charge is 2.43. The lowest BCUT2D eigenvalue weighted by atomic mass is 9.80. The molecule has 1 aromatic carbocycles. The second kappa shape index (κ2) is 8.42. The van der Waals surface area contributed by atoms with Crippen molar-refractivity contribution in [3.8, 4) is 0 Å². The van der Waals surface area contributed by atoms with Gasteiger partial charge in [-0.3, -0.25) is 4.79 Å². The van der Waals surface area contributed by atoms with E-state index in [-0.39, 0.29) is 23.7 Å². The number of anilines is 1. The third-order valence-corrected chi connectivity index (χ3v) is 6.64. The molecule has 5 nitrogen and oxygen atoms in total. The lowest BCUT2D eigenvalue weighted by Crippen LogP contribution is -2.51. The maximum absolute atomic E-state index is 11.7. The Labute approximate surface area is 168 Å². The largest absolute Gasteiger partial charge is 0.381 e. The van der Waals surface area contributed by atoms with E-state index >= 15 is 0 Å². The van der Waals surface area contributed by atoms with Crippen molar-refractivity contribution in [1.29, 1.82) is 0 Å². The molecule has 1 aromatic rings. The number of ether oxygens (including phenoxy) is 2. The molecule has 3 aliphatic heterocycles. The van der Waals surface area contributed by atoms with E-state index < -0.39 is 0 Å². The molecular weight excluding hydrogens is 352 g/mol. The van der Waals surface area contributed by atoms with Crippen molar-refractivity contribution in [2.45, 2.75) is 76.5 Å². The molecular formula is C23H34N2O3. The predicted octanol–water partition coefficient (Wildman–Crippen LogP) is 3.89. The monoisotopic (exact) mass is 386 g/mol. The number of hydrogen-bond donors (Lipinski definition) is 1. The van der Waals surface area contributed by atoms with Gasteiger partial charge in [0.05, 0.1) is 11.7 Å². The van der Waals surface area contributed by atoms with Crippen molar-refractivity contribution in [1.82, 2.24) is 5.32 Å². The molecule has 3 aliphatic rings. The predicted molar refractivity (Wildman–Crippen MR) is 111 cm³/mol. The van der Waals surface area contributed by atoms with Gasteiger partial charge < -0.3 is 19.7 Å². The van der Waals surface area contributed by atoms with E-state index in [2.05, 4.69) is 35.3 Å². The average Bonchev–Trinajstić information content (AvgIpc) is 2.68. The van der Waals surface area contributed by atoms with Crippen LogP contribution in [0.1, 0.15) is 69.1 Å². The number of rotatable bonds is 3. The van der Waals surface area contributed by atoms with Crippen molar-refractivity contribution in [2.75, 3.05) is 31.2 Å². The fourth-order valence-electron chi connectivity index (χ4n) is 5.21. The first-order valence-electron chi connectivity index (χ1n) is 10.9. The molecule has 3 heterocycles. The number of carbonyl (C=O) groups excluding carboxylic acids is 1. The van der Waals surface area contributed by atoms with Gasteiger partial charge in [-0.2, -0.15) is 0 Å². The Balaban J connectivity index is 1.56. The summed E-state index contributed by atoms with van der Waals surface area (Å²) in [7, 11) is 0. The van der Waals surface area contributed by atoms with Gasteiger partial charge in [0.1, 0.15) is 0 Å². The summed E-state index contributed by atoms with van der Waals surface area (Å²) in [6, 6.07) is 7.00. The van der Waals surface area contributed by atoms with Crippen LogP contribution < -0.4 is 10.2 Å². The van der Waals surface area contributed by atoms with E-state index in [0.717, 1.165) is 52.0 Å². The molecule has 154 valence electrons. The summed E-state index contributed by atoms with van der Waals surface area (Å²) in [4.78, 5) is 14.2. The van der Waals surface area contributed by atoms with E-state index in [4.69, 9.17) is 9.47 Å². The van der Waals surface area contributed by atoms with Gasteiger partial charge in [-0.15, -0.1) is 0 Å². The topological polar surface area (TPSA) is 50.8 Å². The molecule has 0 saturated carbocycles. The molecule has 1 N–H and O–H groups in total. The second-order valence-corrected chi connectivity index (χ2v) is 8.83. The third kappa shape index (κ3) is 4.36. The number of benzene rings is 1. The first kappa shape index (κ1) is 19.7. The summed E-state index contributed by atoms with van der Waals surface area (Å²) in [6.45, 7) is 7.61. The van der Waals surface area contributed by atoms with Crippen molar-refractivity contribution in [3.05, 3.63) is 29.3 Å². The minimum atomic E-state index is -0.174. The number of hydrogen-bond acceptors (Lipinski definition) is 4. The highest BCUT2D eigenvalue weighted by atomic mass is 16.5. The summed E-state index contributed by atoms with van der Waals surface area (Å²) in [5.41, 5.74) is 3.71. The van der Waals surface area contributed by atoms with Gasteiger partial charge in [-0.25, -0.2) is 0 Å². The van der Waals surface area contributed by atoms with E-state index in [1.165, 1.54) is 36.1 Å². The zero-order chi connectivity index (χ0) is 19.6. The molecule has 0 radical (unpaired) electrons. The second-order valence-electron chi connectivity index (χ2n) is 8.83. The summed E-state index contributed by atoms with van der Waals surface area (Å²) in [5, 5.41) is 3.17. The smallest absolute Gasteiger partial charge is 0.217 e. The van der Waals surface area contributed by atoms with Crippen LogP contribution in [0.5, 0.6) is 0 Å². The molecule has 1 spiro atoms. The molecule has 0 unspecified atom stereocenters. The molecule has 4 rings (SSSR count). The van der Waals surface area contributed by atoms with E-state index in [1.807, 2.05) is 0 Å². The summed E-state index contributed by atoms with van der Waals surface area (Å²) >= 11 is 0. The minimum absolute atomic E-state index is 0.0269. The Morgan fingerprint density at radius 3 is 2.61 bits per heavy atom. The number of aryl methyl sites for hydroxylation is 1. The Hall–Kier alpha value is -1.59. The summed E-state index contributed by atoms with van der Waals surface area (Å²) in [6.07, 6.45) is 7.49. The average molecular weight is 387 g/mol. The summed E-state index contributed by atoms with van der Waals surface area (Å²) < 4.78 is 12.3. The first-order chi connectivity index (χ1) is 13.5. The molecule has 3 saturated heterocycles. The molecule has 0 aromatic heterocycles. The van der Waals surface area contributed by atoms with Crippen LogP contribution in [0.4, 0.5) is 5.69 Å². The van der Waals surface area contributed by atoms with Crippen LogP contribution in [0.15, 0.2) is 18.2 Å². The van der Waals surface area contributed by atoms with Crippen molar-refractivity contribution < 1.29 is 14.3 Å². The van der Waals surface area contributed by atoms with Crippen LogP contribution in [0.3, 0.4) is 0 Å². The number of piperidine rings is 1. The Bertz CT molecular complexity index is 693. The van der Waals surface area contributed by atoms with Gasteiger partial charge in [-0.1, -0.05) is 6.07 Å². The molecule has 2 atom stereocenters. The van der Waals surface area contributed by atoms with Crippen molar-refractivity contribution >= 4 is 11.6 Å². The van der Waals surface area contributed by atoms with Gasteiger partial charge >= 0.3 is 0 Å². The van der Waals surface area contributed by atoms with Gasteiger partial charge in [0.25, 0.3) is 0 Å². The zero-order valence-corrected chi connectivity index (χ0v) is 17.3. The standard InChI is InChI=1S/C23H34N2O3/c1-17-14-20(25-10-4-3-5-11-25)6-7-21(17)22-15-19(24-18(2)26)16-23(28-22)8-12-27-13-9-23/h6-7,14,19,22H,3-5,8-13,15-16H2,1-2H3,(H,24,26)/t19-,22-/m1/s1. The normalized spacial score (nSPS) is 27.6. The molecule has 5 heteroatoms. The molecule has 3 fully saturated rings. The van der Waals surface area contributed by atoms with Crippen molar-refractivity contribution in [2.24, 2.45) is 0 Å². The van der Waals surface area contributed by atoms with Crippen LogP contribution in [0.25, 0.3) is 0 Å². The first-order valence-corrected chi connectivity index (χ1v) is 10.9. The fourth-order valence-corrected chi connectivity index (χ4v) is 5.21. The van der Waals surface area contributed by atoms with Crippen LogP contribution in [-0.4, -0.2) is 43.9 Å². The zero-order valence-electron chi connectivity index (χ0n) is 17.3. The van der Waals surface area contributed by atoms with Crippen LogP contribution in [0, 0.1) is 6.92 Å².